The highest BCUT2D eigenvalue weighted by Crippen LogP contribution is 2.13. The second kappa shape index (κ2) is 6.26. The quantitative estimate of drug-likeness (QED) is 0.867. The molecule has 1 aromatic heterocycles. The molecular weight excluding hydrogens is 246 g/mol. The second-order valence-electron chi connectivity index (χ2n) is 4.62. The van der Waals surface area contributed by atoms with Gasteiger partial charge in [0.2, 0.25) is 0 Å². The van der Waals surface area contributed by atoms with Crippen LogP contribution < -0.4 is 0 Å². The largest absolute Gasteiger partial charge is 0.480 e. The van der Waals surface area contributed by atoms with Crippen molar-refractivity contribution in [2.75, 3.05) is 6.54 Å². The molecule has 0 aromatic carbocycles. The van der Waals surface area contributed by atoms with Crippen LogP contribution in [-0.2, 0) is 11.2 Å². The van der Waals surface area contributed by atoms with Crippen molar-refractivity contribution in [2.24, 2.45) is 0 Å². The van der Waals surface area contributed by atoms with Crippen LogP contribution >= 0.6 is 0 Å². The van der Waals surface area contributed by atoms with Gasteiger partial charge in [0.05, 0.1) is 17.0 Å². The lowest BCUT2D eigenvalue weighted by molar-refractivity contribution is -0.138. The van der Waals surface area contributed by atoms with E-state index in [0.717, 1.165) is 0 Å². The van der Waals surface area contributed by atoms with Gasteiger partial charge in [-0.2, -0.15) is 10.2 Å². The van der Waals surface area contributed by atoms with Gasteiger partial charge in [0.15, 0.2) is 0 Å². The number of aryl methyl sites for hydroxylation is 2. The summed E-state index contributed by atoms with van der Waals surface area (Å²) in [5.74, 6) is -1.34. The zero-order valence-electron chi connectivity index (χ0n) is 11.7. The number of carboxylic acid groups (broad SMARTS) is 1. The number of amides is 1. The number of carbonyl (C=O) groups is 2. The van der Waals surface area contributed by atoms with E-state index < -0.39 is 5.97 Å². The Morgan fingerprint density at radius 1 is 1.37 bits per heavy atom. The zero-order valence-corrected chi connectivity index (χ0v) is 11.7. The van der Waals surface area contributed by atoms with E-state index in [9.17, 15) is 9.59 Å². The van der Waals surface area contributed by atoms with Crippen LogP contribution in [0.25, 0.3) is 0 Å². The summed E-state index contributed by atoms with van der Waals surface area (Å²) in [4.78, 5) is 24.6. The number of carbonyl (C=O) groups excluding carboxylic acids is 1. The van der Waals surface area contributed by atoms with E-state index in [0.29, 0.717) is 23.4 Å². The Balaban J connectivity index is 3.15. The first-order valence-electron chi connectivity index (χ1n) is 6.22. The van der Waals surface area contributed by atoms with Crippen LogP contribution in [0.1, 0.15) is 42.5 Å². The van der Waals surface area contributed by atoms with Gasteiger partial charge in [-0.05, 0) is 33.3 Å². The van der Waals surface area contributed by atoms with Gasteiger partial charge in [-0.3, -0.25) is 9.59 Å². The average molecular weight is 265 g/mol. The Morgan fingerprint density at radius 2 is 2.00 bits per heavy atom. The number of aromatic nitrogens is 2. The Labute approximate surface area is 112 Å². The van der Waals surface area contributed by atoms with Crippen LogP contribution in [0, 0.1) is 6.92 Å². The van der Waals surface area contributed by atoms with Crippen molar-refractivity contribution in [3.8, 4) is 0 Å². The summed E-state index contributed by atoms with van der Waals surface area (Å²) in [6.45, 7) is 6.88. The van der Waals surface area contributed by atoms with Crippen molar-refractivity contribution in [3.05, 3.63) is 23.0 Å². The van der Waals surface area contributed by atoms with Crippen molar-refractivity contribution < 1.29 is 14.7 Å². The number of carboxylic acids is 1. The van der Waals surface area contributed by atoms with Gasteiger partial charge in [0.25, 0.3) is 5.91 Å². The fraction of sp³-hybridized carbons (Fsp3) is 0.538. The third-order valence-electron chi connectivity index (χ3n) is 2.75. The minimum atomic E-state index is -1.03. The Morgan fingerprint density at radius 3 is 2.47 bits per heavy atom. The summed E-state index contributed by atoms with van der Waals surface area (Å²) in [7, 11) is 0. The van der Waals surface area contributed by atoms with E-state index in [-0.39, 0.29) is 18.5 Å². The van der Waals surface area contributed by atoms with Crippen molar-refractivity contribution in [1.82, 2.24) is 15.1 Å². The van der Waals surface area contributed by atoms with Crippen LogP contribution in [0.2, 0.25) is 0 Å². The van der Waals surface area contributed by atoms with Gasteiger partial charge in [-0.1, -0.05) is 6.92 Å². The van der Waals surface area contributed by atoms with E-state index in [1.807, 2.05) is 6.92 Å². The molecule has 1 rings (SSSR count). The van der Waals surface area contributed by atoms with E-state index >= 15 is 0 Å². The molecule has 0 fully saturated rings. The summed E-state index contributed by atoms with van der Waals surface area (Å²) in [6, 6.07) is 1.47. The minimum absolute atomic E-state index is 0.193. The Hall–Kier alpha value is -1.98. The molecule has 0 unspecified atom stereocenters. The molecule has 0 aliphatic carbocycles. The van der Waals surface area contributed by atoms with Crippen molar-refractivity contribution in [1.29, 1.82) is 0 Å². The smallest absolute Gasteiger partial charge is 0.323 e. The second-order valence-corrected chi connectivity index (χ2v) is 4.62. The third kappa shape index (κ3) is 3.74. The third-order valence-corrected chi connectivity index (χ3v) is 2.75. The summed E-state index contributed by atoms with van der Waals surface area (Å²) in [5.41, 5.74) is 1.66. The molecule has 0 saturated heterocycles. The molecule has 1 amide bonds. The molecule has 104 valence electrons. The molecule has 0 atom stereocenters. The van der Waals surface area contributed by atoms with Gasteiger partial charge in [0.1, 0.15) is 6.54 Å². The van der Waals surface area contributed by atoms with E-state index in [2.05, 4.69) is 10.2 Å². The standard InChI is InChI=1S/C13H19N3O3/c1-5-11-10(6-9(4)14-15-11)13(19)16(8(2)3)7-12(17)18/h6,8H,5,7H2,1-4H3,(H,17,18). The highest BCUT2D eigenvalue weighted by atomic mass is 16.4. The van der Waals surface area contributed by atoms with Gasteiger partial charge in [-0.15, -0.1) is 0 Å². The molecule has 6 heteroatoms. The maximum Gasteiger partial charge on any atom is 0.323 e. The maximum atomic E-state index is 12.4. The molecule has 0 aliphatic heterocycles. The molecule has 1 heterocycles. The lowest BCUT2D eigenvalue weighted by Gasteiger charge is -2.25. The molecule has 0 radical (unpaired) electrons. The van der Waals surface area contributed by atoms with Crippen LogP contribution in [0.3, 0.4) is 0 Å². The van der Waals surface area contributed by atoms with Crippen molar-refractivity contribution in [2.45, 2.75) is 40.2 Å². The minimum Gasteiger partial charge on any atom is -0.480 e. The van der Waals surface area contributed by atoms with Gasteiger partial charge < -0.3 is 10.0 Å². The van der Waals surface area contributed by atoms with E-state index in [1.54, 1.807) is 26.8 Å². The first kappa shape index (κ1) is 15.1. The monoisotopic (exact) mass is 265 g/mol. The topological polar surface area (TPSA) is 83.4 Å². The molecule has 6 nitrogen and oxygen atoms in total. The highest BCUT2D eigenvalue weighted by Gasteiger charge is 2.24. The number of aliphatic carboxylic acids is 1. The Bertz CT molecular complexity index is 486. The zero-order chi connectivity index (χ0) is 14.6. The highest BCUT2D eigenvalue weighted by molar-refractivity contribution is 5.97. The molecule has 0 spiro atoms. The molecule has 0 aliphatic rings. The number of rotatable bonds is 5. The van der Waals surface area contributed by atoms with E-state index in [1.165, 1.54) is 4.90 Å². The first-order valence-corrected chi connectivity index (χ1v) is 6.22. The SMILES string of the molecule is CCc1nnc(C)cc1C(=O)N(CC(=O)O)C(C)C. The molecule has 0 saturated carbocycles. The molecular formula is C13H19N3O3. The summed E-state index contributed by atoms with van der Waals surface area (Å²) >= 11 is 0. The van der Waals surface area contributed by atoms with Gasteiger partial charge in [-0.25, -0.2) is 0 Å². The van der Waals surface area contributed by atoms with Crippen LogP contribution in [0.5, 0.6) is 0 Å². The fourth-order valence-corrected chi connectivity index (χ4v) is 1.75. The van der Waals surface area contributed by atoms with Crippen LogP contribution in [0.4, 0.5) is 0 Å². The maximum absolute atomic E-state index is 12.4. The lowest BCUT2D eigenvalue weighted by Crippen LogP contribution is -2.41. The summed E-state index contributed by atoms with van der Waals surface area (Å²) in [5, 5.41) is 16.8. The lowest BCUT2D eigenvalue weighted by atomic mass is 10.1. The van der Waals surface area contributed by atoms with Crippen LogP contribution in [0.15, 0.2) is 6.07 Å². The molecule has 1 aromatic rings. The van der Waals surface area contributed by atoms with Crippen molar-refractivity contribution in [3.63, 3.8) is 0 Å². The normalized spacial score (nSPS) is 10.6. The van der Waals surface area contributed by atoms with E-state index in [4.69, 9.17) is 5.11 Å². The summed E-state index contributed by atoms with van der Waals surface area (Å²) < 4.78 is 0. The summed E-state index contributed by atoms with van der Waals surface area (Å²) in [6.07, 6.45) is 0.577. The van der Waals surface area contributed by atoms with Gasteiger partial charge >= 0.3 is 5.97 Å². The van der Waals surface area contributed by atoms with Crippen molar-refractivity contribution >= 4 is 11.9 Å². The number of hydrogen-bond acceptors (Lipinski definition) is 4. The molecule has 0 bridgehead atoms. The predicted molar refractivity (Wildman–Crippen MR) is 70.0 cm³/mol. The fourth-order valence-electron chi connectivity index (χ4n) is 1.75. The first-order chi connectivity index (χ1) is 8.86. The molecule has 1 N–H and O–H groups in total. The predicted octanol–water partition coefficient (Wildman–Crippen LogP) is 1.28. The Kier molecular flexibility index (Phi) is 4.97. The van der Waals surface area contributed by atoms with Crippen LogP contribution in [-0.4, -0.2) is 44.7 Å². The molecule has 19 heavy (non-hydrogen) atoms. The van der Waals surface area contributed by atoms with Gasteiger partial charge in [0, 0.05) is 6.04 Å². The average Bonchev–Trinajstić information content (AvgIpc) is 2.34. The number of nitrogens with zero attached hydrogens (tertiary/aromatic N) is 3. The number of hydrogen-bond donors (Lipinski definition) is 1.